The van der Waals surface area contributed by atoms with Gasteiger partial charge in [-0.1, -0.05) is 0 Å². The SMILES string of the molecule is CN(C)C1CCCN(C(=O)N2CCC[C@H]2C(=O)O)C1. The second-order valence-corrected chi connectivity index (χ2v) is 5.68. The van der Waals surface area contributed by atoms with Gasteiger partial charge in [-0.05, 0) is 39.8 Å². The Labute approximate surface area is 114 Å². The molecule has 2 saturated heterocycles. The second-order valence-electron chi connectivity index (χ2n) is 5.68. The summed E-state index contributed by atoms with van der Waals surface area (Å²) in [5.41, 5.74) is 0. The molecule has 0 aliphatic carbocycles. The van der Waals surface area contributed by atoms with Gasteiger partial charge < -0.3 is 19.8 Å². The summed E-state index contributed by atoms with van der Waals surface area (Å²) in [5.74, 6) is -0.882. The summed E-state index contributed by atoms with van der Waals surface area (Å²) in [4.78, 5) is 29.1. The Hall–Kier alpha value is -1.30. The van der Waals surface area contributed by atoms with Gasteiger partial charge in [-0.25, -0.2) is 9.59 Å². The van der Waals surface area contributed by atoms with Gasteiger partial charge in [0, 0.05) is 25.7 Å². The summed E-state index contributed by atoms with van der Waals surface area (Å²) in [6.45, 7) is 2.01. The summed E-state index contributed by atoms with van der Waals surface area (Å²) in [7, 11) is 4.04. The van der Waals surface area contributed by atoms with Crippen LogP contribution in [0.4, 0.5) is 4.79 Å². The first-order valence-corrected chi connectivity index (χ1v) is 6.95. The van der Waals surface area contributed by atoms with Crippen LogP contribution in [0.5, 0.6) is 0 Å². The molecule has 0 aromatic rings. The van der Waals surface area contributed by atoms with E-state index in [4.69, 9.17) is 5.11 Å². The van der Waals surface area contributed by atoms with Crippen molar-refractivity contribution in [2.24, 2.45) is 0 Å². The van der Waals surface area contributed by atoms with Crippen LogP contribution in [-0.4, -0.2) is 77.6 Å². The summed E-state index contributed by atoms with van der Waals surface area (Å²) >= 11 is 0. The van der Waals surface area contributed by atoms with Gasteiger partial charge in [0.1, 0.15) is 6.04 Å². The number of carbonyl (C=O) groups excluding carboxylic acids is 1. The monoisotopic (exact) mass is 269 g/mol. The zero-order valence-electron chi connectivity index (χ0n) is 11.7. The van der Waals surface area contributed by atoms with Crippen LogP contribution in [0.2, 0.25) is 0 Å². The fraction of sp³-hybridized carbons (Fsp3) is 0.846. The summed E-state index contributed by atoms with van der Waals surface area (Å²) in [6, 6.07) is -0.354. The normalized spacial score (nSPS) is 27.9. The molecule has 6 heteroatoms. The molecule has 0 bridgehead atoms. The fourth-order valence-electron chi connectivity index (χ4n) is 2.98. The Morgan fingerprint density at radius 3 is 2.47 bits per heavy atom. The molecule has 0 aromatic heterocycles. The number of carboxylic acid groups (broad SMARTS) is 1. The molecule has 2 fully saturated rings. The number of amides is 2. The fourth-order valence-corrected chi connectivity index (χ4v) is 2.98. The molecule has 108 valence electrons. The molecule has 19 heavy (non-hydrogen) atoms. The molecule has 2 rings (SSSR count). The van der Waals surface area contributed by atoms with Crippen LogP contribution in [-0.2, 0) is 4.79 Å². The van der Waals surface area contributed by atoms with Gasteiger partial charge in [-0.3, -0.25) is 0 Å². The first kappa shape index (κ1) is 14.1. The van der Waals surface area contributed by atoms with Crippen LogP contribution < -0.4 is 0 Å². The van der Waals surface area contributed by atoms with Crippen molar-refractivity contribution in [3.05, 3.63) is 0 Å². The van der Waals surface area contributed by atoms with Gasteiger partial charge in [0.15, 0.2) is 0 Å². The quantitative estimate of drug-likeness (QED) is 0.801. The zero-order chi connectivity index (χ0) is 14.0. The molecule has 2 aliphatic rings. The van der Waals surface area contributed by atoms with Crippen molar-refractivity contribution < 1.29 is 14.7 Å². The number of piperidine rings is 1. The maximum atomic E-state index is 12.5. The maximum Gasteiger partial charge on any atom is 0.326 e. The number of aliphatic carboxylic acids is 1. The van der Waals surface area contributed by atoms with Crippen LogP contribution in [0.3, 0.4) is 0 Å². The highest BCUT2D eigenvalue weighted by molar-refractivity contribution is 5.83. The molecule has 6 nitrogen and oxygen atoms in total. The third-order valence-electron chi connectivity index (χ3n) is 4.18. The van der Waals surface area contributed by atoms with E-state index in [-0.39, 0.29) is 6.03 Å². The van der Waals surface area contributed by atoms with E-state index in [0.29, 0.717) is 25.6 Å². The van der Waals surface area contributed by atoms with Crippen LogP contribution in [0.25, 0.3) is 0 Å². The van der Waals surface area contributed by atoms with Crippen molar-refractivity contribution in [3.8, 4) is 0 Å². The summed E-state index contributed by atoms with van der Waals surface area (Å²) in [5, 5.41) is 9.15. The van der Waals surface area contributed by atoms with Crippen molar-refractivity contribution in [1.82, 2.24) is 14.7 Å². The van der Waals surface area contributed by atoms with E-state index >= 15 is 0 Å². The van der Waals surface area contributed by atoms with Crippen molar-refractivity contribution in [2.45, 2.75) is 37.8 Å². The lowest BCUT2D eigenvalue weighted by atomic mass is 10.1. The van der Waals surface area contributed by atoms with E-state index in [1.807, 2.05) is 19.0 Å². The lowest BCUT2D eigenvalue weighted by Gasteiger charge is -2.38. The largest absolute Gasteiger partial charge is 0.480 e. The second kappa shape index (κ2) is 5.77. The van der Waals surface area contributed by atoms with E-state index in [0.717, 1.165) is 25.8 Å². The third-order valence-corrected chi connectivity index (χ3v) is 4.18. The smallest absolute Gasteiger partial charge is 0.326 e. The number of carbonyl (C=O) groups is 2. The molecule has 2 aliphatic heterocycles. The van der Waals surface area contributed by atoms with E-state index < -0.39 is 12.0 Å². The summed E-state index contributed by atoms with van der Waals surface area (Å²) < 4.78 is 0. The third kappa shape index (κ3) is 3.00. The Morgan fingerprint density at radius 1 is 1.16 bits per heavy atom. The van der Waals surface area contributed by atoms with Crippen LogP contribution in [0.15, 0.2) is 0 Å². The minimum Gasteiger partial charge on any atom is -0.480 e. The number of hydrogen-bond acceptors (Lipinski definition) is 3. The number of likely N-dealkylation sites (tertiary alicyclic amines) is 2. The van der Waals surface area contributed by atoms with Crippen molar-refractivity contribution in [2.75, 3.05) is 33.7 Å². The predicted molar refractivity (Wildman–Crippen MR) is 71.0 cm³/mol. The molecule has 1 unspecified atom stereocenters. The summed E-state index contributed by atoms with van der Waals surface area (Å²) in [6.07, 6.45) is 3.44. The molecule has 0 spiro atoms. The molecule has 0 radical (unpaired) electrons. The van der Waals surface area contributed by atoms with Gasteiger partial charge in [0.05, 0.1) is 0 Å². The lowest BCUT2D eigenvalue weighted by Crippen LogP contribution is -2.53. The first-order valence-electron chi connectivity index (χ1n) is 6.95. The predicted octanol–water partition coefficient (Wildman–Crippen LogP) is 0.681. The number of urea groups is 1. The van der Waals surface area contributed by atoms with E-state index in [1.165, 1.54) is 4.90 Å². The lowest BCUT2D eigenvalue weighted by molar-refractivity contribution is -0.141. The first-order chi connectivity index (χ1) is 9.00. The Balaban J connectivity index is 2.00. The average Bonchev–Trinajstić information content (AvgIpc) is 2.87. The molecule has 1 N–H and O–H groups in total. The maximum absolute atomic E-state index is 12.5. The molecular formula is C13H23N3O3. The highest BCUT2D eigenvalue weighted by atomic mass is 16.4. The van der Waals surface area contributed by atoms with E-state index in [1.54, 1.807) is 0 Å². The Morgan fingerprint density at radius 2 is 1.84 bits per heavy atom. The average molecular weight is 269 g/mol. The molecule has 2 heterocycles. The zero-order valence-corrected chi connectivity index (χ0v) is 11.7. The topological polar surface area (TPSA) is 64.1 Å². The van der Waals surface area contributed by atoms with Crippen molar-refractivity contribution in [3.63, 3.8) is 0 Å². The number of hydrogen-bond donors (Lipinski definition) is 1. The van der Waals surface area contributed by atoms with Crippen molar-refractivity contribution >= 4 is 12.0 Å². The van der Waals surface area contributed by atoms with Crippen LogP contribution in [0, 0.1) is 0 Å². The minimum atomic E-state index is -0.882. The van der Waals surface area contributed by atoms with Crippen LogP contribution in [0.1, 0.15) is 25.7 Å². The van der Waals surface area contributed by atoms with Crippen LogP contribution >= 0.6 is 0 Å². The van der Waals surface area contributed by atoms with E-state index in [2.05, 4.69) is 4.90 Å². The molecule has 2 atom stereocenters. The molecule has 2 amide bonds. The highest BCUT2D eigenvalue weighted by Crippen LogP contribution is 2.22. The van der Waals surface area contributed by atoms with Gasteiger partial charge >= 0.3 is 12.0 Å². The highest BCUT2D eigenvalue weighted by Gasteiger charge is 2.37. The van der Waals surface area contributed by atoms with Gasteiger partial charge in [-0.15, -0.1) is 0 Å². The molecule has 0 saturated carbocycles. The standard InChI is InChI=1S/C13H23N3O3/c1-14(2)10-5-3-7-15(9-10)13(19)16-8-4-6-11(16)12(17)18/h10-11H,3-9H2,1-2H3,(H,17,18)/t10?,11-/m0/s1. The molecular weight excluding hydrogens is 246 g/mol. The van der Waals surface area contributed by atoms with Gasteiger partial charge in [-0.2, -0.15) is 0 Å². The number of nitrogens with zero attached hydrogens (tertiary/aromatic N) is 3. The van der Waals surface area contributed by atoms with Gasteiger partial charge in [0.25, 0.3) is 0 Å². The minimum absolute atomic E-state index is 0.101. The Bertz CT molecular complexity index is 359. The number of carboxylic acids is 1. The van der Waals surface area contributed by atoms with E-state index in [9.17, 15) is 9.59 Å². The molecule has 0 aromatic carbocycles. The van der Waals surface area contributed by atoms with Crippen molar-refractivity contribution in [1.29, 1.82) is 0 Å². The Kier molecular flexibility index (Phi) is 4.29. The number of likely N-dealkylation sites (N-methyl/N-ethyl adjacent to an activating group) is 1. The van der Waals surface area contributed by atoms with Gasteiger partial charge in [0.2, 0.25) is 0 Å². The number of rotatable bonds is 2.